The monoisotopic (exact) mass is 148 g/mol. The molecule has 1 amide bonds. The number of carbonyl (C=O) groups excluding carboxylic acids is 1. The Kier molecular flexibility index (Phi) is 6.05. The quantitative estimate of drug-likeness (QED) is 0.258. The van der Waals surface area contributed by atoms with Gasteiger partial charge in [-0.2, -0.15) is 0 Å². The van der Waals surface area contributed by atoms with Gasteiger partial charge in [0.05, 0.1) is 13.2 Å². The van der Waals surface area contributed by atoms with Crippen LogP contribution < -0.4 is 10.8 Å². The molecule has 10 heavy (non-hydrogen) atoms. The Bertz CT molecular complexity index is 96.9. The van der Waals surface area contributed by atoms with Crippen molar-refractivity contribution in [1.29, 1.82) is 0 Å². The first-order valence-electron chi connectivity index (χ1n) is 2.94. The zero-order valence-electron chi connectivity index (χ0n) is 5.89. The minimum atomic E-state index is -0.448. The third kappa shape index (κ3) is 5.49. The number of rotatable bonds is 5. The molecule has 0 saturated heterocycles. The molecule has 0 saturated carbocycles. The van der Waals surface area contributed by atoms with Crippen LogP contribution in [0.2, 0.25) is 0 Å². The van der Waals surface area contributed by atoms with E-state index in [2.05, 4.69) is 5.32 Å². The van der Waals surface area contributed by atoms with Crippen LogP contribution in [0.25, 0.3) is 0 Å². The molecule has 0 aromatic carbocycles. The van der Waals surface area contributed by atoms with Crippen molar-refractivity contribution in [2.45, 2.75) is 0 Å². The second-order valence-electron chi connectivity index (χ2n) is 1.70. The maximum absolute atomic E-state index is 10.3. The molecule has 0 heterocycles. The molecule has 0 aromatic heterocycles. The molecule has 0 aliphatic rings. The molecule has 5 nitrogen and oxygen atoms in total. The maximum atomic E-state index is 10.3. The molecule has 0 aromatic rings. The van der Waals surface area contributed by atoms with E-state index in [9.17, 15) is 4.79 Å². The lowest BCUT2D eigenvalue weighted by molar-refractivity contribution is -0.128. The van der Waals surface area contributed by atoms with Crippen molar-refractivity contribution in [2.24, 2.45) is 0 Å². The van der Waals surface area contributed by atoms with Crippen LogP contribution in [0.3, 0.4) is 0 Å². The van der Waals surface area contributed by atoms with E-state index in [1.807, 2.05) is 0 Å². The molecule has 3 N–H and O–H groups in total. The van der Waals surface area contributed by atoms with Crippen LogP contribution in [0.5, 0.6) is 0 Å². The summed E-state index contributed by atoms with van der Waals surface area (Å²) in [5, 5.41) is 10.8. The number of hydrogen-bond acceptors (Lipinski definition) is 4. The van der Waals surface area contributed by atoms with Gasteiger partial charge in [0.25, 0.3) is 5.91 Å². The SMILES string of the molecule is COCCNCC(=O)NO. The van der Waals surface area contributed by atoms with Crippen molar-refractivity contribution >= 4 is 5.91 Å². The fourth-order valence-corrected chi connectivity index (χ4v) is 0.416. The minimum absolute atomic E-state index is 0.111. The highest BCUT2D eigenvalue weighted by Crippen LogP contribution is 1.64. The first-order chi connectivity index (χ1) is 4.81. The molecule has 0 atom stereocenters. The smallest absolute Gasteiger partial charge is 0.257 e. The van der Waals surface area contributed by atoms with E-state index in [1.54, 1.807) is 7.11 Å². The fraction of sp³-hybridized carbons (Fsp3) is 0.800. The lowest BCUT2D eigenvalue weighted by Crippen LogP contribution is -2.33. The molecule has 0 unspecified atom stereocenters. The zero-order chi connectivity index (χ0) is 7.82. The van der Waals surface area contributed by atoms with Crippen molar-refractivity contribution < 1.29 is 14.7 Å². The summed E-state index contributed by atoms with van der Waals surface area (Å²) in [6.07, 6.45) is 0. The normalized spacial score (nSPS) is 9.40. The number of methoxy groups -OCH3 is 1. The van der Waals surface area contributed by atoms with Crippen LogP contribution >= 0.6 is 0 Å². The van der Waals surface area contributed by atoms with Gasteiger partial charge in [0.15, 0.2) is 0 Å². The van der Waals surface area contributed by atoms with Gasteiger partial charge in [0.2, 0.25) is 0 Å². The van der Waals surface area contributed by atoms with Gasteiger partial charge in [-0.15, -0.1) is 0 Å². The summed E-state index contributed by atoms with van der Waals surface area (Å²) < 4.78 is 4.70. The van der Waals surface area contributed by atoms with Gasteiger partial charge in [0, 0.05) is 13.7 Å². The van der Waals surface area contributed by atoms with Crippen LogP contribution in [0.15, 0.2) is 0 Å². The van der Waals surface area contributed by atoms with E-state index in [0.717, 1.165) is 0 Å². The van der Waals surface area contributed by atoms with Crippen LogP contribution in [-0.4, -0.2) is 37.9 Å². The highest BCUT2D eigenvalue weighted by atomic mass is 16.5. The number of carbonyl (C=O) groups is 1. The van der Waals surface area contributed by atoms with Gasteiger partial charge < -0.3 is 10.1 Å². The zero-order valence-corrected chi connectivity index (χ0v) is 5.89. The second kappa shape index (κ2) is 6.47. The Hall–Kier alpha value is -0.650. The van der Waals surface area contributed by atoms with E-state index >= 15 is 0 Å². The molecule has 0 bridgehead atoms. The van der Waals surface area contributed by atoms with E-state index in [0.29, 0.717) is 13.2 Å². The Labute approximate surface area is 59.3 Å². The van der Waals surface area contributed by atoms with E-state index in [1.165, 1.54) is 5.48 Å². The van der Waals surface area contributed by atoms with Gasteiger partial charge in [-0.1, -0.05) is 0 Å². The van der Waals surface area contributed by atoms with Crippen LogP contribution in [0, 0.1) is 0 Å². The predicted molar refractivity (Wildman–Crippen MR) is 34.7 cm³/mol. The van der Waals surface area contributed by atoms with Crippen LogP contribution in [-0.2, 0) is 9.53 Å². The number of hydrogen-bond donors (Lipinski definition) is 3. The topological polar surface area (TPSA) is 70.6 Å². The minimum Gasteiger partial charge on any atom is -0.383 e. The number of hydroxylamine groups is 1. The average molecular weight is 148 g/mol. The molecule has 0 aliphatic heterocycles. The predicted octanol–water partition coefficient (Wildman–Crippen LogP) is -1.27. The Balaban J connectivity index is 2.96. The van der Waals surface area contributed by atoms with Crippen LogP contribution in [0.4, 0.5) is 0 Å². The summed E-state index contributed by atoms with van der Waals surface area (Å²) in [5.74, 6) is -0.448. The molecule has 0 rings (SSSR count). The third-order valence-electron chi connectivity index (χ3n) is 0.893. The van der Waals surface area contributed by atoms with Crippen molar-refractivity contribution in [3.05, 3.63) is 0 Å². The van der Waals surface area contributed by atoms with Crippen molar-refractivity contribution in [1.82, 2.24) is 10.8 Å². The number of amides is 1. The second-order valence-corrected chi connectivity index (χ2v) is 1.70. The first-order valence-corrected chi connectivity index (χ1v) is 2.94. The Morgan fingerprint density at radius 2 is 2.40 bits per heavy atom. The number of nitrogens with one attached hydrogen (secondary N) is 2. The third-order valence-corrected chi connectivity index (χ3v) is 0.893. The van der Waals surface area contributed by atoms with Crippen molar-refractivity contribution in [3.63, 3.8) is 0 Å². The summed E-state index contributed by atoms with van der Waals surface area (Å²) >= 11 is 0. The van der Waals surface area contributed by atoms with Crippen LogP contribution in [0.1, 0.15) is 0 Å². The summed E-state index contributed by atoms with van der Waals surface area (Å²) in [7, 11) is 1.58. The molecule has 60 valence electrons. The standard InChI is InChI=1S/C5H12N2O3/c1-10-3-2-6-4-5(8)7-9/h6,9H,2-4H2,1H3,(H,7,8). The van der Waals surface area contributed by atoms with Gasteiger partial charge >= 0.3 is 0 Å². The van der Waals surface area contributed by atoms with Gasteiger partial charge in [0.1, 0.15) is 0 Å². The largest absolute Gasteiger partial charge is 0.383 e. The van der Waals surface area contributed by atoms with E-state index in [-0.39, 0.29) is 6.54 Å². The maximum Gasteiger partial charge on any atom is 0.257 e. The van der Waals surface area contributed by atoms with Crippen molar-refractivity contribution in [2.75, 3.05) is 26.8 Å². The molecule has 0 spiro atoms. The Morgan fingerprint density at radius 3 is 2.90 bits per heavy atom. The van der Waals surface area contributed by atoms with Gasteiger partial charge in [-0.25, -0.2) is 5.48 Å². The molecular formula is C5H12N2O3. The summed E-state index contributed by atoms with van der Waals surface area (Å²) in [5.41, 5.74) is 1.50. The number of ether oxygens (including phenoxy) is 1. The lowest BCUT2D eigenvalue weighted by atomic mass is 10.6. The van der Waals surface area contributed by atoms with E-state index in [4.69, 9.17) is 9.94 Å². The lowest BCUT2D eigenvalue weighted by Gasteiger charge is -2.00. The first kappa shape index (κ1) is 9.35. The highest BCUT2D eigenvalue weighted by molar-refractivity contribution is 5.76. The molecule has 5 heteroatoms. The molecule has 0 radical (unpaired) electrons. The highest BCUT2D eigenvalue weighted by Gasteiger charge is 1.94. The summed E-state index contributed by atoms with van der Waals surface area (Å²) in [6, 6.07) is 0. The van der Waals surface area contributed by atoms with Crippen molar-refractivity contribution in [3.8, 4) is 0 Å². The summed E-state index contributed by atoms with van der Waals surface area (Å²) in [4.78, 5) is 10.3. The van der Waals surface area contributed by atoms with E-state index < -0.39 is 5.91 Å². The van der Waals surface area contributed by atoms with Gasteiger partial charge in [-0.05, 0) is 0 Å². The fourth-order valence-electron chi connectivity index (χ4n) is 0.416. The van der Waals surface area contributed by atoms with Gasteiger partial charge in [-0.3, -0.25) is 10.0 Å². The molecule has 0 aliphatic carbocycles. The molecule has 0 fully saturated rings. The molecular weight excluding hydrogens is 136 g/mol. The Morgan fingerprint density at radius 1 is 1.70 bits per heavy atom. The summed E-state index contributed by atoms with van der Waals surface area (Å²) in [6.45, 7) is 1.27. The average Bonchev–Trinajstić information content (AvgIpc) is 1.98.